The van der Waals surface area contributed by atoms with Gasteiger partial charge in [0.1, 0.15) is 0 Å². The predicted octanol–water partition coefficient (Wildman–Crippen LogP) is 13.3. The Labute approximate surface area is 325 Å². The first kappa shape index (κ1) is 32.2. The third-order valence-electron chi connectivity index (χ3n) is 11.8. The molecule has 0 saturated heterocycles. The van der Waals surface area contributed by atoms with Crippen molar-refractivity contribution in [1.29, 1.82) is 0 Å². The minimum absolute atomic E-state index is 0.325. The Morgan fingerprint density at radius 3 is 1.66 bits per heavy atom. The fourth-order valence-corrected chi connectivity index (χ4v) is 8.99. The Bertz CT molecular complexity index is 3130. The fourth-order valence-electron chi connectivity index (χ4n) is 8.99. The van der Waals surface area contributed by atoms with Gasteiger partial charge in [-0.15, -0.1) is 0 Å². The summed E-state index contributed by atoms with van der Waals surface area (Å²) in [6.45, 7) is 2.34. The molecular weight excluding hydrogens is 679 g/mol. The summed E-state index contributed by atoms with van der Waals surface area (Å²) in [5, 5.41) is 7.45. The quantitative estimate of drug-likeness (QED) is 0.132. The first-order valence-corrected chi connectivity index (χ1v) is 19.2. The van der Waals surface area contributed by atoms with Crippen LogP contribution in [0.25, 0.3) is 88.7 Å². The Balaban J connectivity index is 1.07. The molecular formula is C53H35N3. The highest BCUT2D eigenvalue weighted by molar-refractivity contribution is 6.21. The molecule has 0 spiro atoms. The third kappa shape index (κ3) is 5.02. The second-order valence-corrected chi connectivity index (χ2v) is 14.9. The predicted molar refractivity (Wildman–Crippen MR) is 232 cm³/mol. The maximum Gasteiger partial charge on any atom is 0.164 e. The van der Waals surface area contributed by atoms with E-state index in [1.165, 1.54) is 65.7 Å². The molecule has 1 unspecified atom stereocenters. The van der Waals surface area contributed by atoms with Crippen molar-refractivity contribution >= 4 is 32.3 Å². The molecule has 0 saturated carbocycles. The molecule has 11 rings (SSSR count). The average molecular weight is 714 g/mol. The molecule has 0 bridgehead atoms. The van der Waals surface area contributed by atoms with Gasteiger partial charge in [0.15, 0.2) is 17.5 Å². The molecule has 0 amide bonds. The second kappa shape index (κ2) is 12.7. The molecule has 1 heterocycles. The topological polar surface area (TPSA) is 38.7 Å². The average Bonchev–Trinajstić information content (AvgIpc) is 3.54. The van der Waals surface area contributed by atoms with Crippen molar-refractivity contribution in [1.82, 2.24) is 15.0 Å². The first-order chi connectivity index (χ1) is 27.6. The zero-order chi connectivity index (χ0) is 37.2. The zero-order valence-corrected chi connectivity index (χ0v) is 30.8. The monoisotopic (exact) mass is 713 g/mol. The van der Waals surface area contributed by atoms with Gasteiger partial charge in [-0.25, -0.2) is 15.0 Å². The lowest BCUT2D eigenvalue weighted by Crippen LogP contribution is -2.22. The number of hydrogen-bond acceptors (Lipinski definition) is 3. The van der Waals surface area contributed by atoms with Crippen molar-refractivity contribution in [3.63, 3.8) is 0 Å². The van der Waals surface area contributed by atoms with Crippen molar-refractivity contribution in [3.8, 4) is 56.4 Å². The zero-order valence-electron chi connectivity index (χ0n) is 30.8. The molecule has 262 valence electrons. The molecule has 1 aliphatic carbocycles. The van der Waals surface area contributed by atoms with Gasteiger partial charge in [0.25, 0.3) is 0 Å². The number of aromatic nitrogens is 3. The standard InChI is InChI=1S/C53H35N3/c1-53(41-18-6-3-7-19-41)46-23-13-12-22-44(46)45-31-30-40(33-47(45)53)52-55-50(36-15-4-2-5-16-36)54-51(56-52)37-27-25-35(26-28-37)48-43-21-11-9-17-38(43)32-39-29-24-34-14-8-10-20-42(34)49(39)48/h2-33H,1H3. The molecule has 0 radical (unpaired) electrons. The van der Waals surface area contributed by atoms with Gasteiger partial charge in [-0.1, -0.05) is 182 Å². The Kier molecular flexibility index (Phi) is 7.30. The van der Waals surface area contributed by atoms with Crippen LogP contribution in [0.2, 0.25) is 0 Å². The highest BCUT2D eigenvalue weighted by atomic mass is 15.0. The molecule has 0 aliphatic heterocycles. The van der Waals surface area contributed by atoms with E-state index in [0.717, 1.165) is 22.3 Å². The molecule has 0 N–H and O–H groups in total. The van der Waals surface area contributed by atoms with Gasteiger partial charge < -0.3 is 0 Å². The van der Waals surface area contributed by atoms with Crippen LogP contribution in [0.3, 0.4) is 0 Å². The summed E-state index contributed by atoms with van der Waals surface area (Å²) < 4.78 is 0. The van der Waals surface area contributed by atoms with E-state index in [1.807, 2.05) is 18.2 Å². The van der Waals surface area contributed by atoms with Gasteiger partial charge in [-0.05, 0) is 90.3 Å². The van der Waals surface area contributed by atoms with Gasteiger partial charge in [0.05, 0.1) is 0 Å². The minimum Gasteiger partial charge on any atom is -0.208 e. The lowest BCUT2D eigenvalue weighted by atomic mass is 9.74. The SMILES string of the molecule is CC1(c2ccccc2)c2ccccc2-c2ccc(-c3nc(-c4ccccc4)nc(-c4ccc(-c5c6ccccc6cc6ccc7ccccc7c56)cc4)n3)cc21. The van der Waals surface area contributed by atoms with Crippen molar-refractivity contribution in [2.24, 2.45) is 0 Å². The van der Waals surface area contributed by atoms with Gasteiger partial charge >= 0.3 is 0 Å². The van der Waals surface area contributed by atoms with Crippen molar-refractivity contribution in [2.45, 2.75) is 12.3 Å². The van der Waals surface area contributed by atoms with E-state index in [0.29, 0.717) is 17.5 Å². The van der Waals surface area contributed by atoms with Crippen molar-refractivity contribution in [2.75, 3.05) is 0 Å². The molecule has 9 aromatic carbocycles. The summed E-state index contributed by atoms with van der Waals surface area (Å²) in [5.74, 6) is 1.94. The maximum absolute atomic E-state index is 5.22. The van der Waals surface area contributed by atoms with Gasteiger partial charge in [0, 0.05) is 22.1 Å². The number of benzene rings is 9. The summed E-state index contributed by atoms with van der Waals surface area (Å²) in [6, 6.07) is 69.5. The van der Waals surface area contributed by atoms with Crippen molar-refractivity contribution < 1.29 is 0 Å². The molecule has 56 heavy (non-hydrogen) atoms. The van der Waals surface area contributed by atoms with Gasteiger partial charge in [-0.2, -0.15) is 0 Å². The van der Waals surface area contributed by atoms with Crippen LogP contribution >= 0.6 is 0 Å². The largest absolute Gasteiger partial charge is 0.208 e. The normalized spacial score (nSPS) is 14.6. The molecule has 1 aromatic heterocycles. The second-order valence-electron chi connectivity index (χ2n) is 14.9. The van der Waals surface area contributed by atoms with Crippen LogP contribution in [0.4, 0.5) is 0 Å². The first-order valence-electron chi connectivity index (χ1n) is 19.2. The lowest BCUT2D eigenvalue weighted by Gasteiger charge is -2.28. The molecule has 1 atom stereocenters. The van der Waals surface area contributed by atoms with Crippen LogP contribution in [0.15, 0.2) is 194 Å². The smallest absolute Gasteiger partial charge is 0.164 e. The van der Waals surface area contributed by atoms with Crippen LogP contribution in [0.1, 0.15) is 23.6 Å². The molecule has 3 nitrogen and oxygen atoms in total. The summed E-state index contributed by atoms with van der Waals surface area (Å²) in [4.78, 5) is 15.5. The van der Waals surface area contributed by atoms with Crippen molar-refractivity contribution in [3.05, 3.63) is 211 Å². The van der Waals surface area contributed by atoms with Crippen LogP contribution in [0.5, 0.6) is 0 Å². The molecule has 3 heteroatoms. The van der Waals surface area contributed by atoms with Crippen LogP contribution in [-0.4, -0.2) is 15.0 Å². The fraction of sp³-hybridized carbons (Fsp3) is 0.0377. The number of hydrogen-bond donors (Lipinski definition) is 0. The maximum atomic E-state index is 5.22. The summed E-state index contributed by atoms with van der Waals surface area (Å²) in [6.07, 6.45) is 0. The Morgan fingerprint density at radius 2 is 0.893 bits per heavy atom. The lowest BCUT2D eigenvalue weighted by molar-refractivity contribution is 0.714. The van der Waals surface area contributed by atoms with E-state index in [9.17, 15) is 0 Å². The molecule has 1 aliphatic rings. The Hall–Kier alpha value is -7.23. The van der Waals surface area contributed by atoms with E-state index < -0.39 is 0 Å². The summed E-state index contributed by atoms with van der Waals surface area (Å²) in [5.41, 5.74) is 11.3. The Morgan fingerprint density at radius 1 is 0.357 bits per heavy atom. The highest BCUT2D eigenvalue weighted by Crippen LogP contribution is 2.53. The number of fused-ring (bicyclic) bond motifs is 7. The summed E-state index contributed by atoms with van der Waals surface area (Å²) >= 11 is 0. The van der Waals surface area contributed by atoms with Crippen LogP contribution in [-0.2, 0) is 5.41 Å². The van der Waals surface area contributed by atoms with E-state index in [-0.39, 0.29) is 5.41 Å². The number of nitrogens with zero attached hydrogens (tertiary/aromatic N) is 3. The van der Waals surface area contributed by atoms with Crippen LogP contribution < -0.4 is 0 Å². The minimum atomic E-state index is -0.325. The molecule has 0 fully saturated rings. The highest BCUT2D eigenvalue weighted by Gasteiger charge is 2.40. The number of rotatable bonds is 5. The van der Waals surface area contributed by atoms with Crippen LogP contribution in [0, 0.1) is 0 Å². The summed E-state index contributed by atoms with van der Waals surface area (Å²) in [7, 11) is 0. The van der Waals surface area contributed by atoms with E-state index >= 15 is 0 Å². The van der Waals surface area contributed by atoms with E-state index in [1.54, 1.807) is 0 Å². The van der Waals surface area contributed by atoms with Gasteiger partial charge in [0.2, 0.25) is 0 Å². The van der Waals surface area contributed by atoms with Gasteiger partial charge in [-0.3, -0.25) is 0 Å². The molecule has 10 aromatic rings. The van der Waals surface area contributed by atoms with E-state index in [2.05, 4.69) is 183 Å². The third-order valence-corrected chi connectivity index (χ3v) is 11.8. The van der Waals surface area contributed by atoms with E-state index in [4.69, 9.17) is 15.0 Å².